The number of hydrogen-bond acceptors (Lipinski definition) is 3. The highest BCUT2D eigenvalue weighted by Gasteiger charge is 2.40. The first-order valence-corrected chi connectivity index (χ1v) is 6.78. The van der Waals surface area contributed by atoms with Gasteiger partial charge in [-0.05, 0) is 19.3 Å². The van der Waals surface area contributed by atoms with Crippen molar-refractivity contribution in [2.45, 2.75) is 32.4 Å². The Hall–Kier alpha value is -1.30. The summed E-state index contributed by atoms with van der Waals surface area (Å²) in [5.74, 6) is -1.26. The van der Waals surface area contributed by atoms with Crippen molar-refractivity contribution in [1.29, 1.82) is 0 Å². The lowest BCUT2D eigenvalue weighted by Gasteiger charge is -2.30. The molecule has 2 unspecified atom stereocenters. The van der Waals surface area contributed by atoms with E-state index in [1.807, 2.05) is 13.8 Å². The molecule has 1 N–H and O–H groups in total. The van der Waals surface area contributed by atoms with Crippen LogP contribution in [0.15, 0.2) is 0 Å². The van der Waals surface area contributed by atoms with Crippen molar-refractivity contribution in [1.82, 2.24) is 9.80 Å². The Morgan fingerprint density at radius 2 is 2.00 bits per heavy atom. The molecule has 6 nitrogen and oxygen atoms in total. The number of ether oxygens (including phenoxy) is 1. The van der Waals surface area contributed by atoms with Crippen LogP contribution in [0.25, 0.3) is 0 Å². The van der Waals surface area contributed by atoms with Crippen LogP contribution in [0.2, 0.25) is 0 Å². The SMILES string of the molecule is CC1OCCC1N(C)C(=O)N1C[C@@H](C)[C@H](C(=O)O)C1. The monoisotopic (exact) mass is 270 g/mol. The number of carboxylic acids is 1. The molecule has 108 valence electrons. The standard InChI is InChI=1S/C13H22N2O4/c1-8-6-15(7-10(8)12(16)17)13(18)14(3)11-4-5-19-9(11)2/h8-11H,4-7H2,1-3H3,(H,16,17)/t8-,9?,10-,11?/m1/s1. The molecule has 0 radical (unpaired) electrons. The van der Waals surface area contributed by atoms with Gasteiger partial charge in [-0.2, -0.15) is 0 Å². The molecular formula is C13H22N2O4. The van der Waals surface area contributed by atoms with Crippen molar-refractivity contribution in [2.24, 2.45) is 11.8 Å². The summed E-state index contributed by atoms with van der Waals surface area (Å²) in [6.45, 7) is 5.35. The van der Waals surface area contributed by atoms with Gasteiger partial charge in [0.1, 0.15) is 0 Å². The average Bonchev–Trinajstić information content (AvgIpc) is 2.93. The molecular weight excluding hydrogens is 248 g/mol. The Morgan fingerprint density at radius 3 is 2.47 bits per heavy atom. The summed E-state index contributed by atoms with van der Waals surface area (Å²) in [5.41, 5.74) is 0. The molecule has 0 aromatic heterocycles. The number of carboxylic acid groups (broad SMARTS) is 1. The van der Waals surface area contributed by atoms with Crippen molar-refractivity contribution in [3.8, 4) is 0 Å². The topological polar surface area (TPSA) is 70.1 Å². The number of aliphatic carboxylic acids is 1. The minimum atomic E-state index is -0.817. The van der Waals surface area contributed by atoms with Gasteiger partial charge >= 0.3 is 12.0 Å². The fourth-order valence-electron chi connectivity index (χ4n) is 3.04. The van der Waals surface area contributed by atoms with E-state index in [1.54, 1.807) is 16.8 Å². The molecule has 2 aliphatic rings. The molecule has 0 saturated carbocycles. The number of rotatable bonds is 2. The molecule has 6 heteroatoms. The van der Waals surface area contributed by atoms with Crippen LogP contribution in [0.4, 0.5) is 4.79 Å². The van der Waals surface area contributed by atoms with Gasteiger partial charge in [-0.25, -0.2) is 4.79 Å². The Kier molecular flexibility index (Phi) is 3.99. The molecule has 0 spiro atoms. The first kappa shape index (κ1) is 14.1. The smallest absolute Gasteiger partial charge is 0.320 e. The molecule has 19 heavy (non-hydrogen) atoms. The number of carbonyl (C=O) groups excluding carboxylic acids is 1. The van der Waals surface area contributed by atoms with Crippen LogP contribution in [0, 0.1) is 11.8 Å². The second-order valence-corrected chi connectivity index (χ2v) is 5.65. The van der Waals surface area contributed by atoms with Gasteiger partial charge < -0.3 is 19.6 Å². The molecule has 0 aromatic rings. The fourth-order valence-corrected chi connectivity index (χ4v) is 3.04. The zero-order valence-electron chi connectivity index (χ0n) is 11.7. The zero-order chi connectivity index (χ0) is 14.2. The van der Waals surface area contributed by atoms with Crippen molar-refractivity contribution >= 4 is 12.0 Å². The van der Waals surface area contributed by atoms with Crippen LogP contribution in [0.5, 0.6) is 0 Å². The highest BCUT2D eigenvalue weighted by Crippen LogP contribution is 2.26. The van der Waals surface area contributed by atoms with Crippen LogP contribution >= 0.6 is 0 Å². The van der Waals surface area contributed by atoms with E-state index in [2.05, 4.69) is 0 Å². The van der Waals surface area contributed by atoms with Gasteiger partial charge in [0.05, 0.1) is 18.1 Å². The molecule has 2 saturated heterocycles. The van der Waals surface area contributed by atoms with Crippen molar-refractivity contribution in [3.63, 3.8) is 0 Å². The zero-order valence-corrected chi connectivity index (χ0v) is 11.7. The second kappa shape index (κ2) is 5.36. The number of hydrogen-bond donors (Lipinski definition) is 1. The normalized spacial score (nSPS) is 34.6. The molecule has 0 bridgehead atoms. The molecule has 0 aromatic carbocycles. The third kappa shape index (κ3) is 2.68. The van der Waals surface area contributed by atoms with Crippen LogP contribution in [-0.2, 0) is 9.53 Å². The maximum Gasteiger partial charge on any atom is 0.320 e. The van der Waals surface area contributed by atoms with E-state index < -0.39 is 11.9 Å². The van der Waals surface area contributed by atoms with Crippen LogP contribution in [0.3, 0.4) is 0 Å². The van der Waals surface area contributed by atoms with Gasteiger partial charge in [0.15, 0.2) is 0 Å². The third-order valence-corrected chi connectivity index (χ3v) is 4.34. The van der Waals surface area contributed by atoms with Gasteiger partial charge in [0.25, 0.3) is 0 Å². The summed E-state index contributed by atoms with van der Waals surface area (Å²) >= 11 is 0. The van der Waals surface area contributed by atoms with E-state index in [0.29, 0.717) is 19.7 Å². The molecule has 0 aliphatic carbocycles. The van der Waals surface area contributed by atoms with E-state index in [1.165, 1.54) is 0 Å². The lowest BCUT2D eigenvalue weighted by atomic mass is 9.99. The van der Waals surface area contributed by atoms with Crippen LogP contribution < -0.4 is 0 Å². The predicted molar refractivity (Wildman–Crippen MR) is 68.8 cm³/mol. The Balaban J connectivity index is 1.99. The van der Waals surface area contributed by atoms with Crippen molar-refractivity contribution < 1.29 is 19.4 Å². The van der Waals surface area contributed by atoms with E-state index in [-0.39, 0.29) is 24.1 Å². The number of likely N-dealkylation sites (tertiary alicyclic amines) is 1. The van der Waals surface area contributed by atoms with Gasteiger partial charge in [-0.1, -0.05) is 6.92 Å². The van der Waals surface area contributed by atoms with Crippen LogP contribution in [-0.4, -0.2) is 65.8 Å². The number of nitrogens with zero attached hydrogens (tertiary/aromatic N) is 2. The molecule has 4 atom stereocenters. The van der Waals surface area contributed by atoms with E-state index in [4.69, 9.17) is 9.84 Å². The molecule has 2 rings (SSSR count). The third-order valence-electron chi connectivity index (χ3n) is 4.34. The predicted octanol–water partition coefficient (Wildman–Crippen LogP) is 0.868. The van der Waals surface area contributed by atoms with Gasteiger partial charge in [0, 0.05) is 26.7 Å². The maximum absolute atomic E-state index is 12.4. The molecule has 2 amide bonds. The van der Waals surface area contributed by atoms with Gasteiger partial charge in [-0.3, -0.25) is 4.79 Å². The Morgan fingerprint density at radius 1 is 1.32 bits per heavy atom. The highest BCUT2D eigenvalue weighted by molar-refractivity contribution is 5.78. The quantitative estimate of drug-likeness (QED) is 0.808. The summed E-state index contributed by atoms with van der Waals surface area (Å²) in [5, 5.41) is 9.10. The Bertz CT molecular complexity index is 374. The summed E-state index contributed by atoms with van der Waals surface area (Å²) in [6.07, 6.45) is 0.888. The lowest BCUT2D eigenvalue weighted by Crippen LogP contribution is -2.47. The number of carbonyl (C=O) groups is 2. The van der Waals surface area contributed by atoms with Crippen molar-refractivity contribution in [2.75, 3.05) is 26.7 Å². The van der Waals surface area contributed by atoms with Crippen LogP contribution in [0.1, 0.15) is 20.3 Å². The van der Waals surface area contributed by atoms with E-state index in [0.717, 1.165) is 6.42 Å². The van der Waals surface area contributed by atoms with E-state index in [9.17, 15) is 9.59 Å². The summed E-state index contributed by atoms with van der Waals surface area (Å²) in [7, 11) is 1.77. The molecule has 2 fully saturated rings. The minimum absolute atomic E-state index is 0.00658. The number of likely N-dealkylation sites (N-methyl/N-ethyl adjacent to an activating group) is 1. The summed E-state index contributed by atoms with van der Waals surface area (Å²) in [4.78, 5) is 26.8. The highest BCUT2D eigenvalue weighted by atomic mass is 16.5. The number of urea groups is 1. The molecule has 2 heterocycles. The average molecular weight is 270 g/mol. The maximum atomic E-state index is 12.4. The Labute approximate surface area is 113 Å². The van der Waals surface area contributed by atoms with Gasteiger partial charge in [-0.15, -0.1) is 0 Å². The fraction of sp³-hybridized carbons (Fsp3) is 0.846. The van der Waals surface area contributed by atoms with Crippen molar-refractivity contribution in [3.05, 3.63) is 0 Å². The van der Waals surface area contributed by atoms with E-state index >= 15 is 0 Å². The second-order valence-electron chi connectivity index (χ2n) is 5.65. The minimum Gasteiger partial charge on any atom is -0.481 e. The van der Waals surface area contributed by atoms with Gasteiger partial charge in [0.2, 0.25) is 0 Å². The number of amides is 2. The first-order valence-electron chi connectivity index (χ1n) is 6.78. The summed E-state index contributed by atoms with van der Waals surface area (Å²) < 4.78 is 5.47. The largest absolute Gasteiger partial charge is 0.481 e. The summed E-state index contributed by atoms with van der Waals surface area (Å²) in [6, 6.07) is 0.00429. The first-order chi connectivity index (χ1) is 8.91. The lowest BCUT2D eigenvalue weighted by molar-refractivity contribution is -0.142. The molecule has 2 aliphatic heterocycles.